The molecule has 0 aromatic heterocycles. The molecule has 0 bridgehead atoms. The van der Waals surface area contributed by atoms with Crippen molar-refractivity contribution in [2.24, 2.45) is 4.99 Å². The minimum atomic E-state index is 0. The molecule has 2 aromatic rings. The summed E-state index contributed by atoms with van der Waals surface area (Å²) in [5.41, 5.74) is 3.78. The van der Waals surface area contributed by atoms with E-state index in [1.54, 1.807) is 7.11 Å². The Kier molecular flexibility index (Phi) is 9.19. The lowest BCUT2D eigenvalue weighted by atomic mass is 10.1. The van der Waals surface area contributed by atoms with Crippen LogP contribution in [0.25, 0.3) is 0 Å². The lowest BCUT2D eigenvalue weighted by molar-refractivity contribution is -0.0502. The molecule has 2 saturated heterocycles. The van der Waals surface area contributed by atoms with Crippen LogP contribution in [0, 0.1) is 6.92 Å². The molecule has 1 N–H and O–H groups in total. The summed E-state index contributed by atoms with van der Waals surface area (Å²) in [6.07, 6.45) is 1.16. The number of guanidine groups is 1. The SMILES string of the molecule is CN=C(NCCc1ccc(C)c(OC)c1)N1CC2OCCN(Cc3ccccc3)C2C1.I. The summed E-state index contributed by atoms with van der Waals surface area (Å²) in [5.74, 6) is 1.90. The number of likely N-dealkylation sites (tertiary alicyclic amines) is 1. The molecule has 4 rings (SSSR count). The van der Waals surface area contributed by atoms with E-state index in [0.29, 0.717) is 6.04 Å². The molecule has 32 heavy (non-hydrogen) atoms. The van der Waals surface area contributed by atoms with Crippen molar-refractivity contribution < 1.29 is 9.47 Å². The summed E-state index contributed by atoms with van der Waals surface area (Å²) < 4.78 is 11.6. The number of hydrogen-bond acceptors (Lipinski definition) is 4. The van der Waals surface area contributed by atoms with Gasteiger partial charge < -0.3 is 19.7 Å². The number of fused-ring (bicyclic) bond motifs is 1. The van der Waals surface area contributed by atoms with Gasteiger partial charge in [-0.25, -0.2) is 0 Å². The second kappa shape index (κ2) is 11.9. The fraction of sp³-hybridized carbons (Fsp3) is 0.480. The molecule has 0 amide bonds. The molecule has 0 spiro atoms. The molecule has 2 fully saturated rings. The lowest BCUT2D eigenvalue weighted by Gasteiger charge is -2.36. The molecule has 2 unspecified atom stereocenters. The zero-order valence-electron chi connectivity index (χ0n) is 19.3. The van der Waals surface area contributed by atoms with Crippen molar-refractivity contribution in [3.63, 3.8) is 0 Å². The van der Waals surface area contributed by atoms with Crippen LogP contribution < -0.4 is 10.1 Å². The van der Waals surface area contributed by atoms with Gasteiger partial charge in [-0.05, 0) is 36.1 Å². The van der Waals surface area contributed by atoms with Crippen LogP contribution in [0.15, 0.2) is 53.5 Å². The van der Waals surface area contributed by atoms with Crippen molar-refractivity contribution in [2.75, 3.05) is 46.9 Å². The van der Waals surface area contributed by atoms with Gasteiger partial charge in [-0.15, -0.1) is 24.0 Å². The normalized spacial score (nSPS) is 21.1. The standard InChI is InChI=1S/C25H34N4O2.HI/c1-19-9-10-20(15-23(19)30-3)11-12-27-25(26-2)29-17-22-24(18-29)31-14-13-28(22)16-21-7-5-4-6-8-21;/h4-10,15,22,24H,11-14,16-18H2,1-3H3,(H,26,27);1H. The molecule has 0 saturated carbocycles. The number of nitrogens with one attached hydrogen (secondary N) is 1. The van der Waals surface area contributed by atoms with Gasteiger partial charge in [-0.1, -0.05) is 42.5 Å². The van der Waals surface area contributed by atoms with Crippen molar-refractivity contribution in [1.82, 2.24) is 15.1 Å². The van der Waals surface area contributed by atoms with Gasteiger partial charge in [-0.2, -0.15) is 0 Å². The van der Waals surface area contributed by atoms with E-state index in [2.05, 4.69) is 75.6 Å². The third kappa shape index (κ3) is 5.94. The van der Waals surface area contributed by atoms with Crippen LogP contribution in [0.4, 0.5) is 0 Å². The van der Waals surface area contributed by atoms with Gasteiger partial charge in [-0.3, -0.25) is 9.89 Å². The van der Waals surface area contributed by atoms with Crippen LogP contribution in [-0.2, 0) is 17.7 Å². The van der Waals surface area contributed by atoms with E-state index in [-0.39, 0.29) is 30.1 Å². The summed E-state index contributed by atoms with van der Waals surface area (Å²) in [6.45, 7) is 7.47. The monoisotopic (exact) mass is 550 g/mol. The predicted molar refractivity (Wildman–Crippen MR) is 140 cm³/mol. The molecule has 6 nitrogen and oxygen atoms in total. The average molecular weight is 550 g/mol. The minimum Gasteiger partial charge on any atom is -0.496 e. The van der Waals surface area contributed by atoms with Crippen molar-refractivity contribution in [3.8, 4) is 5.75 Å². The van der Waals surface area contributed by atoms with E-state index in [4.69, 9.17) is 9.47 Å². The largest absolute Gasteiger partial charge is 0.496 e. The van der Waals surface area contributed by atoms with Crippen molar-refractivity contribution in [3.05, 3.63) is 65.2 Å². The Balaban J connectivity index is 0.00000289. The summed E-state index contributed by atoms with van der Waals surface area (Å²) in [4.78, 5) is 9.46. The molecule has 2 aliphatic rings. The van der Waals surface area contributed by atoms with Gasteiger partial charge in [0.25, 0.3) is 0 Å². The highest BCUT2D eigenvalue weighted by atomic mass is 127. The smallest absolute Gasteiger partial charge is 0.193 e. The van der Waals surface area contributed by atoms with Crippen molar-refractivity contribution in [1.29, 1.82) is 0 Å². The first kappa shape index (κ1) is 24.8. The molecule has 174 valence electrons. The molecule has 2 aromatic carbocycles. The fourth-order valence-corrected chi connectivity index (χ4v) is 4.62. The van der Waals surface area contributed by atoms with E-state index in [1.165, 1.54) is 11.1 Å². The molecule has 2 atom stereocenters. The maximum absolute atomic E-state index is 6.13. The maximum atomic E-state index is 6.13. The number of methoxy groups -OCH3 is 1. The zero-order valence-corrected chi connectivity index (χ0v) is 21.6. The van der Waals surface area contributed by atoms with Gasteiger partial charge in [0, 0.05) is 39.8 Å². The molecule has 0 radical (unpaired) electrons. The van der Waals surface area contributed by atoms with Crippen molar-refractivity contribution >= 4 is 29.9 Å². The van der Waals surface area contributed by atoms with Crippen LogP contribution >= 0.6 is 24.0 Å². The third-order valence-corrected chi connectivity index (χ3v) is 6.33. The molecule has 2 aliphatic heterocycles. The highest BCUT2D eigenvalue weighted by Gasteiger charge is 2.41. The number of morpholine rings is 1. The predicted octanol–water partition coefficient (Wildman–Crippen LogP) is 3.32. The van der Waals surface area contributed by atoms with Crippen LogP contribution in [-0.4, -0.2) is 74.8 Å². The highest BCUT2D eigenvalue weighted by molar-refractivity contribution is 14.0. The van der Waals surface area contributed by atoms with Gasteiger partial charge in [0.05, 0.1) is 25.9 Å². The Morgan fingerprint density at radius 2 is 1.97 bits per heavy atom. The molecule has 2 heterocycles. The van der Waals surface area contributed by atoms with Crippen molar-refractivity contribution in [2.45, 2.75) is 32.0 Å². The Labute approximate surface area is 209 Å². The van der Waals surface area contributed by atoms with E-state index in [1.807, 2.05) is 7.05 Å². The molecular formula is C25H35IN4O2. The number of aryl methyl sites for hydroxylation is 1. The number of halogens is 1. The summed E-state index contributed by atoms with van der Waals surface area (Å²) in [7, 11) is 3.59. The third-order valence-electron chi connectivity index (χ3n) is 6.33. The number of hydrogen-bond donors (Lipinski definition) is 1. The minimum absolute atomic E-state index is 0. The fourth-order valence-electron chi connectivity index (χ4n) is 4.62. The average Bonchev–Trinajstić information content (AvgIpc) is 3.23. The van der Waals surface area contributed by atoms with E-state index < -0.39 is 0 Å². The Hall–Kier alpha value is -1.84. The maximum Gasteiger partial charge on any atom is 0.193 e. The second-order valence-corrected chi connectivity index (χ2v) is 8.37. The van der Waals surface area contributed by atoms with E-state index >= 15 is 0 Å². The van der Waals surface area contributed by atoms with Crippen LogP contribution in [0.3, 0.4) is 0 Å². The van der Waals surface area contributed by atoms with Crippen LogP contribution in [0.1, 0.15) is 16.7 Å². The molecular weight excluding hydrogens is 515 g/mol. The second-order valence-electron chi connectivity index (χ2n) is 8.37. The van der Waals surface area contributed by atoms with Gasteiger partial charge in [0.15, 0.2) is 5.96 Å². The number of ether oxygens (including phenoxy) is 2. The Morgan fingerprint density at radius 1 is 1.16 bits per heavy atom. The first-order valence-electron chi connectivity index (χ1n) is 11.2. The summed E-state index contributed by atoms with van der Waals surface area (Å²) in [5, 5.41) is 3.55. The topological polar surface area (TPSA) is 49.3 Å². The number of nitrogens with zero attached hydrogens (tertiary/aromatic N) is 3. The Morgan fingerprint density at radius 3 is 2.72 bits per heavy atom. The van der Waals surface area contributed by atoms with Gasteiger partial charge in [0.1, 0.15) is 5.75 Å². The van der Waals surface area contributed by atoms with Crippen LogP contribution in [0.5, 0.6) is 5.75 Å². The summed E-state index contributed by atoms with van der Waals surface area (Å²) >= 11 is 0. The number of aliphatic imine (C=N–C) groups is 1. The van der Waals surface area contributed by atoms with Crippen LogP contribution in [0.2, 0.25) is 0 Å². The molecule has 7 heteroatoms. The number of rotatable bonds is 6. The molecule has 0 aliphatic carbocycles. The van der Waals surface area contributed by atoms with E-state index in [9.17, 15) is 0 Å². The zero-order chi connectivity index (χ0) is 21.6. The first-order valence-corrected chi connectivity index (χ1v) is 11.2. The van der Waals surface area contributed by atoms with Gasteiger partial charge in [0.2, 0.25) is 0 Å². The summed E-state index contributed by atoms with van der Waals surface area (Å²) in [6, 6.07) is 17.5. The highest BCUT2D eigenvalue weighted by Crippen LogP contribution is 2.25. The first-order chi connectivity index (χ1) is 15.2. The quantitative estimate of drug-likeness (QED) is 0.340. The van der Waals surface area contributed by atoms with E-state index in [0.717, 1.165) is 63.0 Å². The lowest BCUT2D eigenvalue weighted by Crippen LogP contribution is -2.50. The van der Waals surface area contributed by atoms with Gasteiger partial charge >= 0.3 is 0 Å². The number of benzene rings is 2. The Bertz CT molecular complexity index is 893.